The maximum atomic E-state index is 12.6. The lowest BCUT2D eigenvalue weighted by atomic mass is 10.2. The van der Waals surface area contributed by atoms with Crippen LogP contribution in [-0.2, 0) is 10.0 Å². The standard InChI is InChI=1S/C15H24N2O3S/c16-10-5-13-20-14-6-8-15(9-7-14)21(18,19)17-11-3-1-2-4-12-17/h6-9H,1-5,10-13,16H2. The predicted octanol–water partition coefficient (Wildman–Crippen LogP) is 1.98. The van der Waals surface area contributed by atoms with E-state index in [1.165, 1.54) is 0 Å². The number of hydrogen-bond acceptors (Lipinski definition) is 4. The molecule has 21 heavy (non-hydrogen) atoms. The molecule has 1 aliphatic rings. The van der Waals surface area contributed by atoms with Crippen LogP contribution in [0.3, 0.4) is 0 Å². The normalized spacial score (nSPS) is 17.4. The van der Waals surface area contributed by atoms with Crippen molar-refractivity contribution in [2.45, 2.75) is 37.0 Å². The van der Waals surface area contributed by atoms with Crippen molar-refractivity contribution < 1.29 is 13.2 Å². The highest BCUT2D eigenvalue weighted by Gasteiger charge is 2.24. The summed E-state index contributed by atoms with van der Waals surface area (Å²) in [4.78, 5) is 0.343. The first-order valence-corrected chi connectivity index (χ1v) is 9.01. The van der Waals surface area contributed by atoms with E-state index in [9.17, 15) is 8.42 Å². The molecule has 1 heterocycles. The maximum absolute atomic E-state index is 12.6. The van der Waals surface area contributed by atoms with E-state index in [4.69, 9.17) is 10.5 Å². The van der Waals surface area contributed by atoms with E-state index in [1.54, 1.807) is 28.6 Å². The molecule has 2 N–H and O–H groups in total. The third-order valence-electron chi connectivity index (χ3n) is 3.64. The highest BCUT2D eigenvalue weighted by Crippen LogP contribution is 2.22. The zero-order chi connectivity index (χ0) is 15.1. The van der Waals surface area contributed by atoms with Crippen molar-refractivity contribution in [1.82, 2.24) is 4.31 Å². The molecule has 0 saturated carbocycles. The molecule has 5 nitrogen and oxygen atoms in total. The molecule has 1 saturated heterocycles. The van der Waals surface area contributed by atoms with Crippen LogP contribution in [-0.4, -0.2) is 39.0 Å². The average Bonchev–Trinajstić information content (AvgIpc) is 2.78. The Morgan fingerprint density at radius 1 is 1.05 bits per heavy atom. The van der Waals surface area contributed by atoms with E-state index in [1.807, 2.05) is 0 Å². The molecular formula is C15H24N2O3S. The van der Waals surface area contributed by atoms with Crippen molar-refractivity contribution in [3.05, 3.63) is 24.3 Å². The summed E-state index contributed by atoms with van der Waals surface area (Å²) >= 11 is 0. The van der Waals surface area contributed by atoms with Gasteiger partial charge in [-0.05, 0) is 50.1 Å². The van der Waals surface area contributed by atoms with Crippen LogP contribution in [0.5, 0.6) is 5.75 Å². The number of rotatable bonds is 6. The van der Waals surface area contributed by atoms with E-state index >= 15 is 0 Å². The molecule has 0 aliphatic carbocycles. The number of nitrogens with two attached hydrogens (primary N) is 1. The second kappa shape index (κ2) is 7.77. The minimum Gasteiger partial charge on any atom is -0.494 e. The fourth-order valence-electron chi connectivity index (χ4n) is 2.41. The van der Waals surface area contributed by atoms with Gasteiger partial charge in [-0.3, -0.25) is 0 Å². The molecule has 1 aromatic carbocycles. The molecule has 118 valence electrons. The zero-order valence-electron chi connectivity index (χ0n) is 12.3. The fraction of sp³-hybridized carbons (Fsp3) is 0.600. The molecule has 0 radical (unpaired) electrons. The third-order valence-corrected chi connectivity index (χ3v) is 5.56. The lowest BCUT2D eigenvalue weighted by molar-refractivity contribution is 0.313. The molecule has 1 aromatic rings. The lowest BCUT2D eigenvalue weighted by Crippen LogP contribution is -2.31. The lowest BCUT2D eigenvalue weighted by Gasteiger charge is -2.20. The number of nitrogens with zero attached hydrogens (tertiary/aromatic N) is 1. The molecule has 6 heteroatoms. The number of sulfonamides is 1. The van der Waals surface area contributed by atoms with Gasteiger partial charge in [0.1, 0.15) is 5.75 Å². The van der Waals surface area contributed by atoms with Crippen molar-refractivity contribution in [2.75, 3.05) is 26.2 Å². The Hall–Kier alpha value is -1.11. The summed E-state index contributed by atoms with van der Waals surface area (Å²) in [6, 6.07) is 6.67. The molecule has 0 amide bonds. The molecule has 0 aromatic heterocycles. The van der Waals surface area contributed by atoms with Gasteiger partial charge in [0.25, 0.3) is 0 Å². The van der Waals surface area contributed by atoms with Gasteiger partial charge in [0, 0.05) is 13.1 Å². The van der Waals surface area contributed by atoms with Crippen LogP contribution >= 0.6 is 0 Å². The Morgan fingerprint density at radius 3 is 2.24 bits per heavy atom. The van der Waals surface area contributed by atoms with Crippen LogP contribution in [0.2, 0.25) is 0 Å². The van der Waals surface area contributed by atoms with Gasteiger partial charge >= 0.3 is 0 Å². The second-order valence-electron chi connectivity index (χ2n) is 5.28. The highest BCUT2D eigenvalue weighted by atomic mass is 32.2. The fourth-order valence-corrected chi connectivity index (χ4v) is 3.93. The smallest absolute Gasteiger partial charge is 0.243 e. The van der Waals surface area contributed by atoms with Crippen LogP contribution in [0.15, 0.2) is 29.2 Å². The van der Waals surface area contributed by atoms with Crippen LogP contribution < -0.4 is 10.5 Å². The van der Waals surface area contributed by atoms with Gasteiger partial charge in [-0.25, -0.2) is 8.42 Å². The van der Waals surface area contributed by atoms with E-state index in [-0.39, 0.29) is 0 Å². The Morgan fingerprint density at radius 2 is 1.67 bits per heavy atom. The summed E-state index contributed by atoms with van der Waals surface area (Å²) in [5.41, 5.74) is 5.40. The number of hydrogen-bond donors (Lipinski definition) is 1. The zero-order valence-corrected chi connectivity index (χ0v) is 13.1. The Bertz CT molecular complexity index is 520. The summed E-state index contributed by atoms with van der Waals surface area (Å²) in [5, 5.41) is 0. The molecule has 2 rings (SSSR count). The minimum atomic E-state index is -3.37. The molecule has 1 fully saturated rings. The van der Waals surface area contributed by atoms with Gasteiger partial charge in [0.2, 0.25) is 10.0 Å². The maximum Gasteiger partial charge on any atom is 0.243 e. The van der Waals surface area contributed by atoms with Crippen molar-refractivity contribution in [3.8, 4) is 5.75 Å². The Balaban J connectivity index is 2.05. The first-order chi connectivity index (χ1) is 10.1. The summed E-state index contributed by atoms with van der Waals surface area (Å²) in [6.07, 6.45) is 4.90. The third kappa shape index (κ3) is 4.43. The summed E-state index contributed by atoms with van der Waals surface area (Å²) in [6.45, 7) is 2.38. The number of ether oxygens (including phenoxy) is 1. The van der Waals surface area contributed by atoms with E-state index in [0.29, 0.717) is 36.9 Å². The van der Waals surface area contributed by atoms with Crippen LogP contribution in [0.4, 0.5) is 0 Å². The molecule has 0 bridgehead atoms. The van der Waals surface area contributed by atoms with Gasteiger partial charge in [0.15, 0.2) is 0 Å². The van der Waals surface area contributed by atoms with Crippen LogP contribution in [0.1, 0.15) is 32.1 Å². The summed E-state index contributed by atoms with van der Waals surface area (Å²) in [7, 11) is -3.37. The SMILES string of the molecule is NCCCOc1ccc(S(=O)(=O)N2CCCCCC2)cc1. The molecule has 0 atom stereocenters. The van der Waals surface area contributed by atoms with Crippen molar-refractivity contribution in [1.29, 1.82) is 0 Å². The first kappa shape index (κ1) is 16.3. The molecule has 1 aliphatic heterocycles. The largest absolute Gasteiger partial charge is 0.494 e. The Kier molecular flexibility index (Phi) is 6.02. The predicted molar refractivity (Wildman–Crippen MR) is 82.8 cm³/mol. The first-order valence-electron chi connectivity index (χ1n) is 7.57. The minimum absolute atomic E-state index is 0.343. The van der Waals surface area contributed by atoms with Gasteiger partial charge < -0.3 is 10.5 Å². The monoisotopic (exact) mass is 312 g/mol. The topological polar surface area (TPSA) is 72.6 Å². The average molecular weight is 312 g/mol. The second-order valence-corrected chi connectivity index (χ2v) is 7.22. The van der Waals surface area contributed by atoms with Gasteiger partial charge in [-0.15, -0.1) is 0 Å². The number of benzene rings is 1. The van der Waals surface area contributed by atoms with Crippen molar-refractivity contribution in [2.24, 2.45) is 5.73 Å². The quantitative estimate of drug-likeness (QED) is 0.815. The van der Waals surface area contributed by atoms with E-state index in [2.05, 4.69) is 0 Å². The van der Waals surface area contributed by atoms with Crippen molar-refractivity contribution >= 4 is 10.0 Å². The molecule has 0 unspecified atom stereocenters. The summed E-state index contributed by atoms with van der Waals surface area (Å²) < 4.78 is 32.3. The Labute approximate surface area is 127 Å². The molecular weight excluding hydrogens is 288 g/mol. The van der Waals surface area contributed by atoms with Gasteiger partial charge in [-0.1, -0.05) is 12.8 Å². The van der Waals surface area contributed by atoms with Crippen molar-refractivity contribution in [3.63, 3.8) is 0 Å². The summed E-state index contributed by atoms with van der Waals surface area (Å²) in [5.74, 6) is 0.679. The van der Waals surface area contributed by atoms with Crippen LogP contribution in [0.25, 0.3) is 0 Å². The highest BCUT2D eigenvalue weighted by molar-refractivity contribution is 7.89. The van der Waals surface area contributed by atoms with E-state index in [0.717, 1.165) is 32.1 Å². The van der Waals surface area contributed by atoms with Crippen LogP contribution in [0, 0.1) is 0 Å². The van der Waals surface area contributed by atoms with Gasteiger partial charge in [-0.2, -0.15) is 4.31 Å². The van der Waals surface area contributed by atoms with E-state index < -0.39 is 10.0 Å². The molecule has 0 spiro atoms. The van der Waals surface area contributed by atoms with Gasteiger partial charge in [0.05, 0.1) is 11.5 Å².